The number of para-hydroxylation sites is 1. The maximum atomic E-state index is 5.45. The molecule has 0 aliphatic heterocycles. The molecular weight excluding hydrogens is 422 g/mol. The summed E-state index contributed by atoms with van der Waals surface area (Å²) in [5.74, 6) is 2.15. The van der Waals surface area contributed by atoms with Crippen LogP contribution in [-0.4, -0.2) is 28.8 Å². The minimum Gasteiger partial charge on any atom is -0.493 e. The van der Waals surface area contributed by atoms with Crippen LogP contribution in [0, 0.1) is 0 Å². The van der Waals surface area contributed by atoms with E-state index in [2.05, 4.69) is 42.7 Å². The van der Waals surface area contributed by atoms with Crippen molar-refractivity contribution in [1.82, 2.24) is 14.6 Å². The van der Waals surface area contributed by atoms with Gasteiger partial charge in [-0.1, -0.05) is 41.3 Å². The van der Waals surface area contributed by atoms with E-state index in [0.717, 1.165) is 31.4 Å². The summed E-state index contributed by atoms with van der Waals surface area (Å²) >= 11 is 6.91. The molecule has 5 nitrogen and oxygen atoms in total. The number of rotatable bonds is 5. The Labute approximate surface area is 161 Å². The minimum atomic E-state index is 0.702. The van der Waals surface area contributed by atoms with Gasteiger partial charge in [0.2, 0.25) is 4.96 Å². The van der Waals surface area contributed by atoms with Gasteiger partial charge in [-0.3, -0.25) is 4.40 Å². The molecule has 0 bridgehead atoms. The van der Waals surface area contributed by atoms with Crippen molar-refractivity contribution < 1.29 is 9.47 Å². The second kappa shape index (κ2) is 6.86. The number of benzene rings is 2. The van der Waals surface area contributed by atoms with Gasteiger partial charge < -0.3 is 9.47 Å². The summed E-state index contributed by atoms with van der Waals surface area (Å²) in [6.07, 6.45) is 0. The van der Waals surface area contributed by atoms with Crippen LogP contribution in [0.4, 0.5) is 0 Å². The van der Waals surface area contributed by atoms with Crippen molar-refractivity contribution in [3.8, 4) is 11.5 Å². The Morgan fingerprint density at radius 1 is 1.12 bits per heavy atom. The summed E-state index contributed by atoms with van der Waals surface area (Å²) < 4.78 is 15.0. The van der Waals surface area contributed by atoms with Crippen LogP contribution in [0.5, 0.6) is 11.5 Å². The average Bonchev–Trinajstić information content (AvgIpc) is 3.19. The zero-order chi connectivity index (χ0) is 17.4. The molecule has 4 rings (SSSR count). The maximum Gasteiger partial charge on any atom is 0.217 e. The number of methoxy groups -OCH3 is 2. The molecule has 0 amide bonds. The van der Waals surface area contributed by atoms with E-state index in [1.54, 1.807) is 37.3 Å². The van der Waals surface area contributed by atoms with E-state index in [-0.39, 0.29) is 0 Å². The SMILES string of the molecule is COc1ccc(CSc2nnc3sc4ccccc4n23)c(Br)c1OC. The lowest BCUT2D eigenvalue weighted by atomic mass is 10.2. The predicted molar refractivity (Wildman–Crippen MR) is 105 cm³/mol. The van der Waals surface area contributed by atoms with E-state index in [9.17, 15) is 0 Å². The Bertz CT molecular complexity index is 1060. The van der Waals surface area contributed by atoms with Crippen molar-refractivity contribution in [1.29, 1.82) is 0 Å². The lowest BCUT2D eigenvalue weighted by molar-refractivity contribution is 0.353. The van der Waals surface area contributed by atoms with Gasteiger partial charge in [0, 0.05) is 5.75 Å². The molecule has 0 saturated carbocycles. The standard InChI is InChI=1S/C17H14BrN3O2S2/c1-22-12-8-7-10(14(18)15(12)23-2)9-24-16-19-20-17-21(16)11-5-3-4-6-13(11)25-17/h3-8H,9H2,1-2H3. The Kier molecular flexibility index (Phi) is 4.58. The summed E-state index contributed by atoms with van der Waals surface area (Å²) in [6.45, 7) is 0. The quantitative estimate of drug-likeness (QED) is 0.412. The fourth-order valence-corrected chi connectivity index (χ4v) is 5.41. The number of fused-ring (bicyclic) bond motifs is 3. The molecule has 128 valence electrons. The van der Waals surface area contributed by atoms with Crippen LogP contribution in [0.1, 0.15) is 5.56 Å². The molecule has 8 heteroatoms. The van der Waals surface area contributed by atoms with Gasteiger partial charge in [-0.05, 0) is 39.7 Å². The summed E-state index contributed by atoms with van der Waals surface area (Å²) in [7, 11) is 3.27. The second-order valence-electron chi connectivity index (χ2n) is 5.23. The maximum absolute atomic E-state index is 5.45. The van der Waals surface area contributed by atoms with Gasteiger partial charge >= 0.3 is 0 Å². The van der Waals surface area contributed by atoms with Crippen LogP contribution >= 0.6 is 39.0 Å². The molecule has 0 saturated heterocycles. The number of hydrogen-bond acceptors (Lipinski definition) is 6. The van der Waals surface area contributed by atoms with E-state index in [1.165, 1.54) is 4.70 Å². The lowest BCUT2D eigenvalue weighted by Crippen LogP contribution is -1.95. The van der Waals surface area contributed by atoms with Crippen LogP contribution in [-0.2, 0) is 5.75 Å². The molecule has 0 unspecified atom stereocenters. The second-order valence-corrected chi connectivity index (χ2v) is 7.98. The molecule has 0 aliphatic carbocycles. The summed E-state index contributed by atoms with van der Waals surface area (Å²) in [5.41, 5.74) is 2.25. The number of aromatic nitrogens is 3. The largest absolute Gasteiger partial charge is 0.493 e. The molecule has 0 N–H and O–H groups in total. The van der Waals surface area contributed by atoms with Gasteiger partial charge in [0.1, 0.15) is 0 Å². The normalized spacial score (nSPS) is 11.3. The molecule has 0 spiro atoms. The van der Waals surface area contributed by atoms with Crippen molar-refractivity contribution >= 4 is 54.2 Å². The van der Waals surface area contributed by atoms with E-state index < -0.39 is 0 Å². The van der Waals surface area contributed by atoms with Gasteiger partial charge in [0.05, 0.1) is 28.9 Å². The molecular formula is C17H14BrN3O2S2. The topological polar surface area (TPSA) is 48.7 Å². The molecule has 0 radical (unpaired) electrons. The van der Waals surface area contributed by atoms with Crippen LogP contribution in [0.15, 0.2) is 46.0 Å². The highest BCUT2D eigenvalue weighted by atomic mass is 79.9. The molecule has 2 aromatic heterocycles. The highest BCUT2D eigenvalue weighted by Gasteiger charge is 2.16. The fourth-order valence-electron chi connectivity index (χ4n) is 2.63. The van der Waals surface area contributed by atoms with E-state index >= 15 is 0 Å². The van der Waals surface area contributed by atoms with Crippen molar-refractivity contribution in [2.75, 3.05) is 14.2 Å². The smallest absolute Gasteiger partial charge is 0.217 e. The first kappa shape index (κ1) is 16.7. The molecule has 2 aromatic carbocycles. The van der Waals surface area contributed by atoms with Gasteiger partial charge in [-0.15, -0.1) is 10.2 Å². The van der Waals surface area contributed by atoms with Crippen LogP contribution in [0.25, 0.3) is 15.2 Å². The van der Waals surface area contributed by atoms with Crippen molar-refractivity contribution in [2.45, 2.75) is 10.9 Å². The van der Waals surface area contributed by atoms with Crippen molar-refractivity contribution in [3.05, 3.63) is 46.4 Å². The number of nitrogens with zero attached hydrogens (tertiary/aromatic N) is 3. The first-order valence-corrected chi connectivity index (χ1v) is 10.1. The Morgan fingerprint density at radius 3 is 2.76 bits per heavy atom. The third-order valence-corrected chi connectivity index (χ3v) is 6.69. The van der Waals surface area contributed by atoms with Gasteiger partial charge in [-0.25, -0.2) is 0 Å². The highest BCUT2D eigenvalue weighted by Crippen LogP contribution is 2.40. The number of hydrogen-bond donors (Lipinski definition) is 0. The number of thiazole rings is 1. The molecule has 0 aliphatic rings. The monoisotopic (exact) mass is 435 g/mol. The highest BCUT2D eigenvalue weighted by molar-refractivity contribution is 9.10. The first-order valence-electron chi connectivity index (χ1n) is 7.47. The third-order valence-electron chi connectivity index (χ3n) is 3.83. The Hall–Kier alpha value is -1.77. The Morgan fingerprint density at radius 2 is 1.96 bits per heavy atom. The van der Waals surface area contributed by atoms with Gasteiger partial charge in [0.25, 0.3) is 0 Å². The van der Waals surface area contributed by atoms with Crippen molar-refractivity contribution in [3.63, 3.8) is 0 Å². The summed E-state index contributed by atoms with van der Waals surface area (Å²) in [6, 6.07) is 12.2. The number of ether oxygens (including phenoxy) is 2. The van der Waals surface area contributed by atoms with Crippen LogP contribution < -0.4 is 9.47 Å². The summed E-state index contributed by atoms with van der Waals surface area (Å²) in [4.78, 5) is 0.912. The molecule has 0 fully saturated rings. The van der Waals surface area contributed by atoms with Crippen molar-refractivity contribution in [2.24, 2.45) is 0 Å². The molecule has 0 atom stereocenters. The molecule has 4 aromatic rings. The lowest BCUT2D eigenvalue weighted by Gasteiger charge is -2.12. The number of thioether (sulfide) groups is 1. The molecule has 25 heavy (non-hydrogen) atoms. The van der Waals surface area contributed by atoms with Gasteiger partial charge in [-0.2, -0.15) is 0 Å². The Balaban J connectivity index is 1.67. The van der Waals surface area contributed by atoms with E-state index in [1.807, 2.05) is 24.3 Å². The average molecular weight is 436 g/mol. The van der Waals surface area contributed by atoms with E-state index in [4.69, 9.17) is 9.47 Å². The number of halogens is 1. The first-order chi connectivity index (χ1) is 12.2. The zero-order valence-electron chi connectivity index (χ0n) is 13.5. The summed E-state index contributed by atoms with van der Waals surface area (Å²) in [5, 5.41) is 9.53. The fraction of sp³-hybridized carbons (Fsp3) is 0.176. The van der Waals surface area contributed by atoms with Gasteiger partial charge in [0.15, 0.2) is 16.7 Å². The zero-order valence-corrected chi connectivity index (χ0v) is 16.7. The third kappa shape index (κ3) is 2.88. The minimum absolute atomic E-state index is 0.702. The van der Waals surface area contributed by atoms with Crippen LogP contribution in [0.3, 0.4) is 0 Å². The molecule has 2 heterocycles. The predicted octanol–water partition coefficient (Wildman–Crippen LogP) is 5.02. The van der Waals surface area contributed by atoms with Crippen LogP contribution in [0.2, 0.25) is 0 Å². The van der Waals surface area contributed by atoms with E-state index in [0.29, 0.717) is 11.5 Å².